The minimum Gasteiger partial charge on any atom is -0.378 e. The number of nitrogens with zero attached hydrogens (tertiary/aromatic N) is 2. The number of rotatable bonds is 6. The van der Waals surface area contributed by atoms with Gasteiger partial charge < -0.3 is 20.4 Å². The molecule has 0 aliphatic rings. The molecule has 0 fully saturated rings. The van der Waals surface area contributed by atoms with Crippen molar-refractivity contribution in [3.63, 3.8) is 0 Å². The second-order valence-electron chi connectivity index (χ2n) is 7.01. The standard InChI is InChI=1S/C21H28N4O2/c1-14(26)22-20-12-18(24(3)4)9-7-16(20)11-17-8-10-19(25(5)6)13-21(17)23-15(2)27/h7-10,12-13H,11H2,1-6H3,(H,22,26)(H,23,27). The van der Waals surface area contributed by atoms with Gasteiger partial charge in [-0.15, -0.1) is 0 Å². The van der Waals surface area contributed by atoms with E-state index in [1.165, 1.54) is 13.8 Å². The molecule has 0 saturated carbocycles. The van der Waals surface area contributed by atoms with E-state index in [-0.39, 0.29) is 11.8 Å². The highest BCUT2D eigenvalue weighted by Gasteiger charge is 2.12. The normalized spacial score (nSPS) is 10.3. The number of anilines is 4. The number of carbonyl (C=O) groups excluding carboxylic acids is 2. The van der Waals surface area contributed by atoms with Crippen molar-refractivity contribution >= 4 is 34.6 Å². The average molecular weight is 368 g/mol. The Morgan fingerprint density at radius 3 is 1.41 bits per heavy atom. The van der Waals surface area contributed by atoms with E-state index in [2.05, 4.69) is 10.6 Å². The molecule has 0 radical (unpaired) electrons. The van der Waals surface area contributed by atoms with Crippen LogP contribution < -0.4 is 20.4 Å². The van der Waals surface area contributed by atoms with Gasteiger partial charge in [-0.05, 0) is 35.4 Å². The van der Waals surface area contributed by atoms with Crippen LogP contribution in [0, 0.1) is 0 Å². The maximum atomic E-state index is 11.6. The van der Waals surface area contributed by atoms with Crippen LogP contribution in [0.25, 0.3) is 0 Å². The molecular formula is C21H28N4O2. The van der Waals surface area contributed by atoms with Crippen molar-refractivity contribution in [3.8, 4) is 0 Å². The molecule has 144 valence electrons. The van der Waals surface area contributed by atoms with Gasteiger partial charge in [0, 0.05) is 71.2 Å². The molecule has 0 atom stereocenters. The van der Waals surface area contributed by atoms with Gasteiger partial charge >= 0.3 is 0 Å². The SMILES string of the molecule is CC(=O)Nc1cc(N(C)C)ccc1Cc1ccc(N(C)C)cc1NC(C)=O. The predicted molar refractivity (Wildman–Crippen MR) is 113 cm³/mol. The van der Waals surface area contributed by atoms with Gasteiger partial charge in [-0.1, -0.05) is 12.1 Å². The molecule has 2 aromatic rings. The zero-order valence-corrected chi connectivity index (χ0v) is 16.9. The molecule has 6 heteroatoms. The monoisotopic (exact) mass is 368 g/mol. The highest BCUT2D eigenvalue weighted by Crippen LogP contribution is 2.29. The van der Waals surface area contributed by atoms with Crippen molar-refractivity contribution in [2.45, 2.75) is 20.3 Å². The zero-order valence-electron chi connectivity index (χ0n) is 16.9. The van der Waals surface area contributed by atoms with Gasteiger partial charge in [0.25, 0.3) is 0 Å². The number of hydrogen-bond donors (Lipinski definition) is 2. The number of amides is 2. The van der Waals surface area contributed by atoms with Crippen molar-refractivity contribution in [2.24, 2.45) is 0 Å². The highest BCUT2D eigenvalue weighted by molar-refractivity contribution is 5.92. The molecule has 2 amide bonds. The van der Waals surface area contributed by atoms with Crippen LogP contribution in [-0.4, -0.2) is 40.0 Å². The van der Waals surface area contributed by atoms with Gasteiger partial charge in [0.05, 0.1) is 0 Å². The lowest BCUT2D eigenvalue weighted by Gasteiger charge is -2.19. The van der Waals surface area contributed by atoms with Gasteiger partial charge in [0.1, 0.15) is 0 Å². The van der Waals surface area contributed by atoms with E-state index < -0.39 is 0 Å². The first-order chi connectivity index (χ1) is 12.7. The van der Waals surface area contributed by atoms with Gasteiger partial charge in [-0.3, -0.25) is 9.59 Å². The van der Waals surface area contributed by atoms with Crippen LogP contribution in [0.4, 0.5) is 22.7 Å². The van der Waals surface area contributed by atoms with E-state index in [4.69, 9.17) is 0 Å². The van der Waals surface area contributed by atoms with Gasteiger partial charge in [-0.25, -0.2) is 0 Å². The second-order valence-corrected chi connectivity index (χ2v) is 7.01. The molecule has 0 spiro atoms. The molecule has 0 bridgehead atoms. The molecular weight excluding hydrogens is 340 g/mol. The lowest BCUT2D eigenvalue weighted by Crippen LogP contribution is -2.14. The number of benzene rings is 2. The number of hydrogen-bond acceptors (Lipinski definition) is 4. The Morgan fingerprint density at radius 1 is 0.741 bits per heavy atom. The minimum atomic E-state index is -0.114. The molecule has 6 nitrogen and oxygen atoms in total. The van der Waals surface area contributed by atoms with E-state index in [0.717, 1.165) is 33.9 Å². The summed E-state index contributed by atoms with van der Waals surface area (Å²) in [5.74, 6) is -0.227. The fraction of sp³-hybridized carbons (Fsp3) is 0.333. The topological polar surface area (TPSA) is 64.7 Å². The Labute approximate surface area is 161 Å². The smallest absolute Gasteiger partial charge is 0.221 e. The average Bonchev–Trinajstić information content (AvgIpc) is 2.56. The molecule has 0 aliphatic carbocycles. The first-order valence-corrected chi connectivity index (χ1v) is 8.83. The lowest BCUT2D eigenvalue weighted by atomic mass is 10.00. The summed E-state index contributed by atoms with van der Waals surface area (Å²) in [7, 11) is 7.84. The molecule has 2 aromatic carbocycles. The van der Waals surface area contributed by atoms with E-state index >= 15 is 0 Å². The van der Waals surface area contributed by atoms with Gasteiger partial charge in [0.2, 0.25) is 11.8 Å². The number of nitrogens with one attached hydrogen (secondary N) is 2. The van der Waals surface area contributed by atoms with Crippen molar-refractivity contribution in [1.82, 2.24) is 0 Å². The van der Waals surface area contributed by atoms with Crippen molar-refractivity contribution in [1.29, 1.82) is 0 Å². The van der Waals surface area contributed by atoms with Crippen LogP contribution in [0.2, 0.25) is 0 Å². The Bertz CT molecular complexity index is 775. The zero-order chi connectivity index (χ0) is 20.1. The minimum absolute atomic E-state index is 0.114. The van der Waals surface area contributed by atoms with Gasteiger partial charge in [0.15, 0.2) is 0 Å². The quantitative estimate of drug-likeness (QED) is 0.821. The summed E-state index contributed by atoms with van der Waals surface area (Å²) in [6.07, 6.45) is 0.590. The molecule has 2 N–H and O–H groups in total. The molecule has 0 saturated heterocycles. The Morgan fingerprint density at radius 2 is 1.11 bits per heavy atom. The van der Waals surface area contributed by atoms with E-state index in [1.807, 2.05) is 74.4 Å². The van der Waals surface area contributed by atoms with Crippen LogP contribution in [0.5, 0.6) is 0 Å². The van der Waals surface area contributed by atoms with Crippen molar-refractivity contribution < 1.29 is 9.59 Å². The van der Waals surface area contributed by atoms with E-state index in [1.54, 1.807) is 0 Å². The summed E-state index contributed by atoms with van der Waals surface area (Å²) in [5.41, 5.74) is 5.54. The molecule has 2 rings (SSSR count). The molecule has 0 unspecified atom stereocenters. The first-order valence-electron chi connectivity index (χ1n) is 8.83. The Balaban J connectivity index is 2.45. The summed E-state index contributed by atoms with van der Waals surface area (Å²) in [6.45, 7) is 3.00. The summed E-state index contributed by atoms with van der Waals surface area (Å²) in [6, 6.07) is 12.0. The van der Waals surface area contributed by atoms with Crippen LogP contribution in [0.1, 0.15) is 25.0 Å². The molecule has 27 heavy (non-hydrogen) atoms. The van der Waals surface area contributed by atoms with Crippen LogP contribution in [0.15, 0.2) is 36.4 Å². The lowest BCUT2D eigenvalue weighted by molar-refractivity contribution is -0.115. The third-order valence-electron chi connectivity index (χ3n) is 4.22. The first kappa shape index (κ1) is 20.3. The van der Waals surface area contributed by atoms with Crippen molar-refractivity contribution in [2.75, 3.05) is 48.6 Å². The molecule has 0 heterocycles. The highest BCUT2D eigenvalue weighted by atomic mass is 16.2. The largest absolute Gasteiger partial charge is 0.378 e. The predicted octanol–water partition coefficient (Wildman–Crippen LogP) is 3.33. The summed E-state index contributed by atoms with van der Waals surface area (Å²) in [5, 5.41) is 5.84. The van der Waals surface area contributed by atoms with Crippen molar-refractivity contribution in [3.05, 3.63) is 47.5 Å². The fourth-order valence-corrected chi connectivity index (χ4v) is 2.81. The second kappa shape index (κ2) is 8.58. The Kier molecular flexibility index (Phi) is 6.45. The number of carbonyl (C=O) groups is 2. The van der Waals surface area contributed by atoms with Gasteiger partial charge in [-0.2, -0.15) is 0 Å². The summed E-state index contributed by atoms with van der Waals surface area (Å²) < 4.78 is 0. The summed E-state index contributed by atoms with van der Waals surface area (Å²) in [4.78, 5) is 27.3. The van der Waals surface area contributed by atoms with Crippen LogP contribution >= 0.6 is 0 Å². The van der Waals surface area contributed by atoms with E-state index in [0.29, 0.717) is 6.42 Å². The van der Waals surface area contributed by atoms with Crippen LogP contribution in [0.3, 0.4) is 0 Å². The van der Waals surface area contributed by atoms with Crippen LogP contribution in [-0.2, 0) is 16.0 Å². The maximum absolute atomic E-state index is 11.6. The summed E-state index contributed by atoms with van der Waals surface area (Å²) >= 11 is 0. The Hall–Kier alpha value is -3.02. The third-order valence-corrected chi connectivity index (χ3v) is 4.22. The molecule has 0 aromatic heterocycles. The fourth-order valence-electron chi connectivity index (χ4n) is 2.81. The third kappa shape index (κ3) is 5.48. The molecule has 0 aliphatic heterocycles. The van der Waals surface area contributed by atoms with E-state index in [9.17, 15) is 9.59 Å². The maximum Gasteiger partial charge on any atom is 0.221 e.